The number of benzene rings is 2. The van der Waals surface area contributed by atoms with Crippen molar-refractivity contribution in [3.8, 4) is 23.3 Å². The second-order valence-corrected chi connectivity index (χ2v) is 9.74. The third-order valence-electron chi connectivity index (χ3n) is 6.34. The van der Waals surface area contributed by atoms with E-state index in [9.17, 15) is 23.9 Å². The highest BCUT2D eigenvalue weighted by atomic mass is 32.2. The molecule has 2 N–H and O–H groups in total. The average molecular weight is 451 g/mol. The summed E-state index contributed by atoms with van der Waals surface area (Å²) in [4.78, 5) is 13.0. The summed E-state index contributed by atoms with van der Waals surface area (Å²) in [5.74, 6) is -0.373. The van der Waals surface area contributed by atoms with Gasteiger partial charge < -0.3 is 10.6 Å². The summed E-state index contributed by atoms with van der Waals surface area (Å²) in [6, 6.07) is 12.9. The predicted octanol–water partition coefficient (Wildman–Crippen LogP) is 2.79. The zero-order valence-electron chi connectivity index (χ0n) is 17.6. The van der Waals surface area contributed by atoms with Gasteiger partial charge >= 0.3 is 0 Å². The third kappa shape index (κ3) is 4.43. The maximum atomic E-state index is 14.9. The first-order valence-electron chi connectivity index (χ1n) is 10.5. The van der Waals surface area contributed by atoms with Gasteiger partial charge in [0.2, 0.25) is 5.91 Å². The van der Waals surface area contributed by atoms with Crippen molar-refractivity contribution in [2.24, 2.45) is 5.92 Å². The van der Waals surface area contributed by atoms with Crippen LogP contribution in [0.2, 0.25) is 0 Å². The number of fused-ring (bicyclic) bond motifs is 2. The highest BCUT2D eigenvalue weighted by molar-refractivity contribution is 7.84. The molecule has 2 fully saturated rings. The minimum Gasteiger partial charge on any atom is -0.339 e. The molecule has 2 aromatic rings. The molecular weight excluding hydrogens is 427 g/mol. The van der Waals surface area contributed by atoms with Crippen molar-refractivity contribution in [1.82, 2.24) is 10.6 Å². The molecule has 1 saturated carbocycles. The minimum atomic E-state index is -1.35. The lowest BCUT2D eigenvalue weighted by Crippen LogP contribution is -2.50. The standard InChI is InChI=1S/C24H23FN4O2S/c1-32(31)22-11-15(3-5-18(22)12-26)14-2-4-16(21(25)10-14)8-20(13-27)29-24(30)23-17-6-7-19(9-17)28-23/h2-5,10-11,17,19-20,23,28H,6-9H2,1H3,(H,29,30). The Kier molecular flexibility index (Phi) is 6.36. The number of nitrogens with one attached hydrogen (secondary N) is 2. The predicted molar refractivity (Wildman–Crippen MR) is 118 cm³/mol. The summed E-state index contributed by atoms with van der Waals surface area (Å²) >= 11 is 0. The highest BCUT2D eigenvalue weighted by Gasteiger charge is 2.43. The van der Waals surface area contributed by atoms with Crippen molar-refractivity contribution >= 4 is 16.7 Å². The van der Waals surface area contributed by atoms with Gasteiger partial charge in [0.15, 0.2) is 0 Å². The van der Waals surface area contributed by atoms with Gasteiger partial charge in [0.1, 0.15) is 17.9 Å². The number of hydrogen-bond donors (Lipinski definition) is 2. The number of nitrogens with zero attached hydrogens (tertiary/aromatic N) is 2. The van der Waals surface area contributed by atoms with Crippen LogP contribution in [-0.4, -0.2) is 34.5 Å². The zero-order valence-corrected chi connectivity index (χ0v) is 18.4. The van der Waals surface area contributed by atoms with Crippen molar-refractivity contribution in [3.05, 3.63) is 53.3 Å². The second kappa shape index (κ2) is 9.20. The van der Waals surface area contributed by atoms with Crippen LogP contribution >= 0.6 is 0 Å². The quantitative estimate of drug-likeness (QED) is 0.704. The van der Waals surface area contributed by atoms with E-state index in [-0.39, 0.29) is 18.4 Å². The topological polar surface area (TPSA) is 106 Å². The van der Waals surface area contributed by atoms with Crippen LogP contribution in [0.25, 0.3) is 11.1 Å². The molecule has 1 saturated heterocycles. The van der Waals surface area contributed by atoms with E-state index in [1.807, 2.05) is 6.07 Å². The summed E-state index contributed by atoms with van der Waals surface area (Å²) in [5.41, 5.74) is 1.87. The lowest BCUT2D eigenvalue weighted by molar-refractivity contribution is -0.124. The Morgan fingerprint density at radius 2 is 2.00 bits per heavy atom. The van der Waals surface area contributed by atoms with Gasteiger partial charge in [0, 0.05) is 18.7 Å². The maximum Gasteiger partial charge on any atom is 0.238 e. The van der Waals surface area contributed by atoms with Gasteiger partial charge in [-0.25, -0.2) is 4.39 Å². The SMILES string of the molecule is CS(=O)c1cc(-c2ccc(CC(C#N)NC(=O)C3NC4CCC3C4)c(F)c2)ccc1C#N. The number of hydrogen-bond acceptors (Lipinski definition) is 5. The summed E-state index contributed by atoms with van der Waals surface area (Å²) in [7, 11) is -1.35. The Balaban J connectivity index is 1.48. The van der Waals surface area contributed by atoms with Gasteiger partial charge in [0.05, 0.1) is 33.4 Å². The number of halogens is 1. The number of carbonyl (C=O) groups excluding carboxylic acids is 1. The van der Waals surface area contributed by atoms with Crippen LogP contribution in [0.1, 0.15) is 30.4 Å². The molecule has 164 valence electrons. The lowest BCUT2D eigenvalue weighted by Gasteiger charge is -2.23. The second-order valence-electron chi connectivity index (χ2n) is 8.39. The van der Waals surface area contributed by atoms with Gasteiger partial charge in [-0.05, 0) is 60.1 Å². The molecule has 0 aromatic heterocycles. The van der Waals surface area contributed by atoms with Gasteiger partial charge in [-0.15, -0.1) is 0 Å². The van der Waals surface area contributed by atoms with E-state index in [1.165, 1.54) is 12.3 Å². The van der Waals surface area contributed by atoms with Crippen molar-refractivity contribution < 1.29 is 13.4 Å². The molecule has 1 aliphatic heterocycles. The minimum absolute atomic E-state index is 0.0623. The fraction of sp³-hybridized carbons (Fsp3) is 0.375. The van der Waals surface area contributed by atoms with Crippen molar-refractivity contribution in [2.75, 3.05) is 6.26 Å². The molecule has 2 aromatic carbocycles. The van der Waals surface area contributed by atoms with E-state index in [0.29, 0.717) is 39.1 Å². The molecule has 6 nitrogen and oxygen atoms in total. The van der Waals surface area contributed by atoms with E-state index < -0.39 is 22.7 Å². The molecule has 1 aliphatic carbocycles. The Morgan fingerprint density at radius 3 is 2.59 bits per heavy atom. The number of piperidine rings is 1. The molecule has 4 rings (SSSR count). The van der Waals surface area contributed by atoms with E-state index in [2.05, 4.69) is 16.7 Å². The molecule has 2 bridgehead atoms. The Labute approximate surface area is 188 Å². The first-order chi connectivity index (χ1) is 15.4. The monoisotopic (exact) mass is 450 g/mol. The van der Waals surface area contributed by atoms with Crippen LogP contribution in [0, 0.1) is 34.4 Å². The largest absolute Gasteiger partial charge is 0.339 e. The summed E-state index contributed by atoms with van der Waals surface area (Å²) in [6.07, 6.45) is 4.65. The van der Waals surface area contributed by atoms with Crippen LogP contribution in [-0.2, 0) is 22.0 Å². The summed E-state index contributed by atoms with van der Waals surface area (Å²) < 4.78 is 26.8. The summed E-state index contributed by atoms with van der Waals surface area (Å²) in [5, 5.41) is 24.7. The zero-order chi connectivity index (χ0) is 22.8. The van der Waals surface area contributed by atoms with Crippen LogP contribution in [0.5, 0.6) is 0 Å². The number of carbonyl (C=O) groups is 1. The number of amides is 1. The van der Waals surface area contributed by atoms with Crippen molar-refractivity contribution in [1.29, 1.82) is 10.5 Å². The molecule has 0 spiro atoms. The van der Waals surface area contributed by atoms with Crippen LogP contribution in [0.3, 0.4) is 0 Å². The number of nitriles is 2. The molecule has 1 amide bonds. The Hall–Kier alpha value is -3.07. The van der Waals surface area contributed by atoms with Crippen LogP contribution < -0.4 is 10.6 Å². The van der Waals surface area contributed by atoms with E-state index in [1.54, 1.807) is 30.3 Å². The molecular formula is C24H23FN4O2S. The van der Waals surface area contributed by atoms with Gasteiger partial charge in [-0.3, -0.25) is 9.00 Å². The smallest absolute Gasteiger partial charge is 0.238 e. The molecule has 0 radical (unpaired) electrons. The van der Waals surface area contributed by atoms with Crippen LogP contribution in [0.15, 0.2) is 41.3 Å². The average Bonchev–Trinajstić information content (AvgIpc) is 3.43. The normalized spacial score (nSPS) is 23.2. The van der Waals surface area contributed by atoms with Crippen LogP contribution in [0.4, 0.5) is 4.39 Å². The van der Waals surface area contributed by atoms with E-state index in [0.717, 1.165) is 19.3 Å². The summed E-state index contributed by atoms with van der Waals surface area (Å²) in [6.45, 7) is 0. The van der Waals surface area contributed by atoms with E-state index in [4.69, 9.17) is 0 Å². The lowest BCUT2D eigenvalue weighted by atomic mass is 9.97. The van der Waals surface area contributed by atoms with Crippen molar-refractivity contribution in [3.63, 3.8) is 0 Å². The molecule has 1 heterocycles. The van der Waals surface area contributed by atoms with Gasteiger partial charge in [0.25, 0.3) is 0 Å². The van der Waals surface area contributed by atoms with Crippen molar-refractivity contribution in [2.45, 2.75) is 48.7 Å². The fourth-order valence-electron chi connectivity index (χ4n) is 4.69. The highest BCUT2D eigenvalue weighted by Crippen LogP contribution is 2.35. The Bertz CT molecular complexity index is 1170. The third-order valence-corrected chi connectivity index (χ3v) is 7.29. The van der Waals surface area contributed by atoms with E-state index >= 15 is 0 Å². The molecule has 2 aliphatic rings. The van der Waals surface area contributed by atoms with Gasteiger partial charge in [-0.2, -0.15) is 10.5 Å². The molecule has 32 heavy (non-hydrogen) atoms. The number of rotatable bonds is 6. The molecule has 5 unspecified atom stereocenters. The molecule has 5 atom stereocenters. The van der Waals surface area contributed by atoms with Gasteiger partial charge in [-0.1, -0.05) is 18.2 Å². The Morgan fingerprint density at radius 1 is 1.25 bits per heavy atom. The maximum absolute atomic E-state index is 14.9. The fourth-order valence-corrected chi connectivity index (χ4v) is 5.40. The first kappa shape index (κ1) is 22.1. The first-order valence-corrected chi connectivity index (χ1v) is 12.1. The molecule has 8 heteroatoms.